The van der Waals surface area contributed by atoms with Gasteiger partial charge in [-0.15, -0.1) is 11.3 Å². The van der Waals surface area contributed by atoms with Crippen molar-refractivity contribution < 1.29 is 13.9 Å². The maximum absolute atomic E-state index is 13.5. The molecule has 1 atom stereocenters. The molecule has 0 aliphatic heterocycles. The van der Waals surface area contributed by atoms with E-state index in [-0.39, 0.29) is 23.3 Å². The fourth-order valence-electron chi connectivity index (χ4n) is 4.30. The van der Waals surface area contributed by atoms with E-state index in [4.69, 9.17) is 14.1 Å². The minimum Gasteiger partial charge on any atom is -0.463 e. The van der Waals surface area contributed by atoms with E-state index in [1.807, 2.05) is 6.92 Å². The van der Waals surface area contributed by atoms with Gasteiger partial charge in [-0.3, -0.25) is 9.36 Å². The summed E-state index contributed by atoms with van der Waals surface area (Å²) in [6.45, 7) is 9.12. The Morgan fingerprint density at radius 3 is 2.80 bits per heavy atom. The van der Waals surface area contributed by atoms with Gasteiger partial charge in [-0.25, -0.2) is 9.78 Å². The number of esters is 1. The summed E-state index contributed by atoms with van der Waals surface area (Å²) in [4.78, 5) is 32.2. The number of nitrogens with zero attached hydrogens (tertiary/aromatic N) is 2. The maximum atomic E-state index is 13.5. The summed E-state index contributed by atoms with van der Waals surface area (Å²) in [7, 11) is 1.31. The van der Waals surface area contributed by atoms with Crippen molar-refractivity contribution in [3.63, 3.8) is 0 Å². The van der Waals surface area contributed by atoms with E-state index in [1.165, 1.54) is 17.6 Å². The molecule has 1 aliphatic carbocycles. The molecular weight excluding hydrogens is 400 g/mol. The molecule has 0 spiro atoms. The molecule has 0 aromatic carbocycles. The molecule has 3 aromatic rings. The highest BCUT2D eigenvalue weighted by Gasteiger charge is 2.32. The molecule has 6 nitrogen and oxygen atoms in total. The van der Waals surface area contributed by atoms with E-state index in [9.17, 15) is 9.59 Å². The number of fused-ring (bicyclic) bond motifs is 3. The van der Waals surface area contributed by atoms with Crippen LogP contribution in [0.3, 0.4) is 0 Å². The highest BCUT2D eigenvalue weighted by Crippen LogP contribution is 2.42. The number of rotatable bonds is 4. The Hall–Kier alpha value is -2.41. The normalized spacial score (nSPS) is 16.6. The van der Waals surface area contributed by atoms with Gasteiger partial charge in [0, 0.05) is 11.3 Å². The van der Waals surface area contributed by atoms with E-state index >= 15 is 0 Å². The highest BCUT2D eigenvalue weighted by atomic mass is 32.1. The smallest absolute Gasteiger partial charge is 0.373 e. The summed E-state index contributed by atoms with van der Waals surface area (Å²) in [5.74, 6) is 1.48. The lowest BCUT2D eigenvalue weighted by molar-refractivity contribution is 0.0563. The molecule has 7 heteroatoms. The van der Waals surface area contributed by atoms with Crippen molar-refractivity contribution in [2.24, 2.45) is 11.3 Å². The fourth-order valence-corrected chi connectivity index (χ4v) is 5.61. The van der Waals surface area contributed by atoms with Crippen LogP contribution >= 0.6 is 11.3 Å². The summed E-state index contributed by atoms with van der Waals surface area (Å²) in [6, 6.07) is 3.28. The summed E-state index contributed by atoms with van der Waals surface area (Å²) in [5.41, 5.74) is 1.42. The topological polar surface area (TPSA) is 74.3 Å². The van der Waals surface area contributed by atoms with Crippen molar-refractivity contribution in [2.75, 3.05) is 7.11 Å². The van der Waals surface area contributed by atoms with Crippen LogP contribution in [0, 0.1) is 11.3 Å². The first kappa shape index (κ1) is 20.8. The summed E-state index contributed by atoms with van der Waals surface area (Å²) in [5, 5.41) is 0.763. The third kappa shape index (κ3) is 3.60. The van der Waals surface area contributed by atoms with Crippen molar-refractivity contribution in [2.45, 2.75) is 59.9 Å². The quantitative estimate of drug-likeness (QED) is 0.568. The first-order valence-corrected chi connectivity index (χ1v) is 11.3. The third-order valence-corrected chi connectivity index (χ3v) is 7.30. The van der Waals surface area contributed by atoms with Crippen molar-refractivity contribution in [1.82, 2.24) is 9.55 Å². The molecule has 0 saturated carbocycles. The van der Waals surface area contributed by atoms with E-state index in [2.05, 4.69) is 20.8 Å². The van der Waals surface area contributed by atoms with Crippen LogP contribution in [-0.4, -0.2) is 22.6 Å². The Morgan fingerprint density at radius 1 is 1.37 bits per heavy atom. The zero-order valence-electron chi connectivity index (χ0n) is 18.2. The summed E-state index contributed by atoms with van der Waals surface area (Å²) in [6.07, 6.45) is 3.68. The van der Waals surface area contributed by atoms with Gasteiger partial charge < -0.3 is 9.15 Å². The van der Waals surface area contributed by atoms with Gasteiger partial charge in [-0.2, -0.15) is 0 Å². The van der Waals surface area contributed by atoms with Gasteiger partial charge >= 0.3 is 5.97 Å². The molecule has 0 N–H and O–H groups in total. The molecule has 0 saturated heterocycles. The maximum Gasteiger partial charge on any atom is 0.373 e. The Kier molecular flexibility index (Phi) is 5.34. The monoisotopic (exact) mass is 428 g/mol. The number of aromatic nitrogens is 2. The van der Waals surface area contributed by atoms with E-state index < -0.39 is 5.97 Å². The number of hydrogen-bond donors (Lipinski definition) is 0. The Bertz CT molecular complexity index is 1160. The molecule has 1 unspecified atom stereocenters. The lowest BCUT2D eigenvalue weighted by atomic mass is 9.72. The van der Waals surface area contributed by atoms with E-state index in [0.717, 1.165) is 35.3 Å². The van der Waals surface area contributed by atoms with Crippen LogP contribution in [0.25, 0.3) is 10.2 Å². The van der Waals surface area contributed by atoms with Crippen LogP contribution in [0.2, 0.25) is 0 Å². The molecule has 1 aliphatic rings. The first-order chi connectivity index (χ1) is 14.2. The SMILES string of the molecule is CCc1nc2sc3c(c2c(=O)n1Cc1ccc(C(=O)OC)o1)CCC(C(C)(C)C)C3. The summed E-state index contributed by atoms with van der Waals surface area (Å²) >= 11 is 1.68. The number of aryl methyl sites for hydroxylation is 2. The molecule has 0 bridgehead atoms. The second kappa shape index (κ2) is 7.69. The number of hydrogen-bond acceptors (Lipinski definition) is 6. The van der Waals surface area contributed by atoms with Gasteiger partial charge in [0.25, 0.3) is 5.56 Å². The van der Waals surface area contributed by atoms with Crippen molar-refractivity contribution >= 4 is 27.5 Å². The first-order valence-electron chi connectivity index (χ1n) is 10.4. The van der Waals surface area contributed by atoms with Gasteiger partial charge in [0.1, 0.15) is 16.4 Å². The molecular formula is C23H28N2O4S. The predicted octanol–water partition coefficient (Wildman–Crippen LogP) is 4.60. The molecule has 0 fully saturated rings. The van der Waals surface area contributed by atoms with Gasteiger partial charge in [0.05, 0.1) is 19.0 Å². The predicted molar refractivity (Wildman–Crippen MR) is 117 cm³/mol. The van der Waals surface area contributed by atoms with Crippen molar-refractivity contribution in [1.29, 1.82) is 0 Å². The number of thiophene rings is 1. The van der Waals surface area contributed by atoms with Gasteiger partial charge in [0.2, 0.25) is 5.76 Å². The largest absolute Gasteiger partial charge is 0.463 e. The number of carbonyl (C=O) groups excluding carboxylic acids is 1. The Balaban J connectivity index is 1.76. The molecule has 30 heavy (non-hydrogen) atoms. The minimum atomic E-state index is -0.529. The zero-order valence-corrected chi connectivity index (χ0v) is 19.0. The number of methoxy groups -OCH3 is 1. The fraction of sp³-hybridized carbons (Fsp3) is 0.522. The average molecular weight is 429 g/mol. The molecule has 0 radical (unpaired) electrons. The lowest BCUT2D eigenvalue weighted by Crippen LogP contribution is -2.28. The van der Waals surface area contributed by atoms with Crippen LogP contribution < -0.4 is 5.56 Å². The number of ether oxygens (including phenoxy) is 1. The average Bonchev–Trinajstić information content (AvgIpc) is 3.32. The second-order valence-corrected chi connectivity index (χ2v) is 10.1. The summed E-state index contributed by atoms with van der Waals surface area (Å²) < 4.78 is 12.0. The highest BCUT2D eigenvalue weighted by molar-refractivity contribution is 7.18. The van der Waals surface area contributed by atoms with E-state index in [0.29, 0.717) is 18.1 Å². The Morgan fingerprint density at radius 2 is 2.13 bits per heavy atom. The zero-order chi connectivity index (χ0) is 21.6. The van der Waals surface area contributed by atoms with Crippen molar-refractivity contribution in [3.8, 4) is 0 Å². The molecule has 3 heterocycles. The van der Waals surface area contributed by atoms with Crippen LogP contribution in [0.1, 0.15) is 66.7 Å². The van der Waals surface area contributed by atoms with Crippen molar-refractivity contribution in [3.05, 3.63) is 50.3 Å². The lowest BCUT2D eigenvalue weighted by Gasteiger charge is -2.33. The third-order valence-electron chi connectivity index (χ3n) is 6.15. The van der Waals surface area contributed by atoms with Crippen LogP contribution in [0.4, 0.5) is 0 Å². The van der Waals surface area contributed by atoms with E-state index in [1.54, 1.807) is 28.0 Å². The molecule has 160 valence electrons. The molecule has 0 amide bonds. The van der Waals surface area contributed by atoms with Gasteiger partial charge in [-0.05, 0) is 48.3 Å². The second-order valence-electron chi connectivity index (χ2n) is 9.02. The van der Waals surface area contributed by atoms with Crippen LogP contribution in [0.5, 0.6) is 0 Å². The van der Waals surface area contributed by atoms with Crippen LogP contribution in [0.15, 0.2) is 21.3 Å². The Labute approximate surface area is 179 Å². The van der Waals surface area contributed by atoms with Gasteiger partial charge in [-0.1, -0.05) is 27.7 Å². The molecule has 4 rings (SSSR count). The minimum absolute atomic E-state index is 0.0143. The van der Waals surface area contributed by atoms with Crippen LogP contribution in [-0.2, 0) is 30.5 Å². The molecule has 3 aromatic heterocycles. The standard InChI is InChI=1S/C23H28N2O4S/c1-6-18-24-20-19(15-9-7-13(23(2,3)4)11-17(15)30-20)21(26)25(18)12-14-8-10-16(29-14)22(27)28-5/h8,10,13H,6-7,9,11-12H2,1-5H3. The number of furan rings is 1. The van der Waals surface area contributed by atoms with Gasteiger partial charge in [0.15, 0.2) is 0 Å². The number of carbonyl (C=O) groups is 1.